The van der Waals surface area contributed by atoms with Gasteiger partial charge in [0.15, 0.2) is 11.4 Å². The lowest BCUT2D eigenvalue weighted by atomic mass is 9.58. The normalized spacial score (nSPS) is 28.5. The van der Waals surface area contributed by atoms with E-state index in [0.717, 1.165) is 17.6 Å². The van der Waals surface area contributed by atoms with Crippen LogP contribution in [0.1, 0.15) is 35.2 Å². The third-order valence-corrected chi connectivity index (χ3v) is 8.82. The Morgan fingerprint density at radius 2 is 1.87 bits per heavy atom. The van der Waals surface area contributed by atoms with Gasteiger partial charge in [-0.1, -0.05) is 12.1 Å². The summed E-state index contributed by atoms with van der Waals surface area (Å²) >= 11 is 0. The Morgan fingerprint density at radius 3 is 2.51 bits per heavy atom. The van der Waals surface area contributed by atoms with Gasteiger partial charge >= 0.3 is 0 Å². The van der Waals surface area contributed by atoms with Crippen molar-refractivity contribution in [3.05, 3.63) is 58.1 Å². The van der Waals surface area contributed by atoms with Crippen LogP contribution in [0.25, 0.3) is 10.8 Å². The Balaban J connectivity index is 1.48. The zero-order valence-electron chi connectivity index (χ0n) is 21.7. The molecule has 6 rings (SSSR count). The number of hydrogen-bond donors (Lipinski definition) is 6. The van der Waals surface area contributed by atoms with E-state index >= 15 is 0 Å². The highest BCUT2D eigenvalue weighted by atomic mass is 16.3. The fourth-order valence-corrected chi connectivity index (χ4v) is 6.71. The molecule has 204 valence electrons. The Labute approximate surface area is 224 Å². The first-order valence-corrected chi connectivity index (χ1v) is 13.1. The third kappa shape index (κ3) is 3.58. The Kier molecular flexibility index (Phi) is 5.57. The molecule has 0 bridgehead atoms. The molecule has 2 aromatic carbocycles. The molecule has 4 aliphatic rings. The van der Waals surface area contributed by atoms with Crippen LogP contribution in [0.15, 0.2) is 46.9 Å². The van der Waals surface area contributed by atoms with Gasteiger partial charge in [0.25, 0.3) is 5.91 Å². The maximum atomic E-state index is 13.9. The summed E-state index contributed by atoms with van der Waals surface area (Å²) in [6, 6.07) is 6.43. The van der Waals surface area contributed by atoms with Crippen molar-refractivity contribution in [3.63, 3.8) is 0 Å². The van der Waals surface area contributed by atoms with Gasteiger partial charge in [0, 0.05) is 29.1 Å². The molecule has 0 heterocycles. The maximum Gasteiger partial charge on any atom is 0.255 e. The fourth-order valence-electron chi connectivity index (χ4n) is 6.71. The zero-order chi connectivity index (χ0) is 28.0. The number of carbonyl (C=O) groups excluding carboxylic acids is 3. The van der Waals surface area contributed by atoms with Gasteiger partial charge in [0.2, 0.25) is 5.78 Å². The molecule has 0 unspecified atom stereocenters. The van der Waals surface area contributed by atoms with Gasteiger partial charge in [0.1, 0.15) is 22.8 Å². The quantitative estimate of drug-likeness (QED) is 0.315. The first-order valence-electron chi connectivity index (χ1n) is 13.1. The van der Waals surface area contributed by atoms with Crippen LogP contribution >= 0.6 is 0 Å². The lowest BCUT2D eigenvalue weighted by molar-refractivity contribution is -0.148. The SMILES string of the molecule is CN(C)[C@@H]1C(O)=C(C(N)=O)C(=O)[C@@]2(O)C(O)=C3C(=O)c4c(cc5ccc(NCC6CC6)cc5c4O)C[C@H]3C[C@@H]12. The van der Waals surface area contributed by atoms with Gasteiger partial charge in [-0.2, -0.15) is 0 Å². The number of nitrogens with one attached hydrogen (secondary N) is 1. The molecule has 2 aromatic rings. The summed E-state index contributed by atoms with van der Waals surface area (Å²) < 4.78 is 0. The molecule has 4 aliphatic carbocycles. The van der Waals surface area contributed by atoms with Crippen molar-refractivity contribution < 1.29 is 34.8 Å². The number of primary amides is 1. The minimum absolute atomic E-state index is 0.0163. The number of hydrogen-bond acceptors (Lipinski definition) is 9. The van der Waals surface area contributed by atoms with Crippen LogP contribution in [-0.4, -0.2) is 75.1 Å². The molecule has 0 aliphatic heterocycles. The average Bonchev–Trinajstić information content (AvgIpc) is 3.69. The summed E-state index contributed by atoms with van der Waals surface area (Å²) in [5, 5.41) is 49.8. The number of allylic oxidation sites excluding steroid dienone is 1. The van der Waals surface area contributed by atoms with Crippen molar-refractivity contribution in [3.8, 4) is 5.75 Å². The molecule has 1 amide bonds. The fraction of sp³-hybridized carbons (Fsp3) is 0.414. The van der Waals surface area contributed by atoms with E-state index in [4.69, 9.17) is 5.73 Å². The van der Waals surface area contributed by atoms with E-state index in [1.165, 1.54) is 17.7 Å². The van der Waals surface area contributed by atoms with Crippen LogP contribution in [0.2, 0.25) is 0 Å². The first-order chi connectivity index (χ1) is 18.4. The van der Waals surface area contributed by atoms with Crippen LogP contribution in [0.3, 0.4) is 0 Å². The molecule has 10 nitrogen and oxygen atoms in total. The van der Waals surface area contributed by atoms with E-state index in [1.54, 1.807) is 20.2 Å². The molecule has 4 atom stereocenters. The van der Waals surface area contributed by atoms with E-state index < -0.39 is 58.0 Å². The van der Waals surface area contributed by atoms with Gasteiger partial charge in [-0.25, -0.2) is 0 Å². The van der Waals surface area contributed by atoms with Crippen molar-refractivity contribution >= 4 is 33.9 Å². The lowest BCUT2D eigenvalue weighted by Gasteiger charge is -2.50. The van der Waals surface area contributed by atoms with Crippen molar-refractivity contribution in [1.29, 1.82) is 0 Å². The van der Waals surface area contributed by atoms with Crippen molar-refractivity contribution in [1.82, 2.24) is 4.90 Å². The smallest absolute Gasteiger partial charge is 0.255 e. The molecule has 0 spiro atoms. The number of benzene rings is 2. The number of Topliss-reactive ketones (excluding diaryl/α,β-unsaturated/α-hetero) is 2. The topological polar surface area (TPSA) is 173 Å². The molecule has 0 saturated heterocycles. The number of fused-ring (bicyclic) bond motifs is 4. The summed E-state index contributed by atoms with van der Waals surface area (Å²) in [4.78, 5) is 40.9. The van der Waals surface area contributed by atoms with Crippen LogP contribution in [0, 0.1) is 17.8 Å². The van der Waals surface area contributed by atoms with Gasteiger partial charge in [0.05, 0.1) is 11.6 Å². The molecule has 1 saturated carbocycles. The summed E-state index contributed by atoms with van der Waals surface area (Å²) in [6.07, 6.45) is 2.71. The number of aromatic hydroxyl groups is 1. The molecular weight excluding hydrogens is 502 g/mol. The van der Waals surface area contributed by atoms with Crippen LogP contribution in [0.4, 0.5) is 5.69 Å². The summed E-state index contributed by atoms with van der Waals surface area (Å²) in [5.74, 6) is -5.83. The minimum atomic E-state index is -2.64. The zero-order valence-corrected chi connectivity index (χ0v) is 21.7. The number of nitrogens with zero attached hydrogens (tertiary/aromatic N) is 1. The average molecular weight is 534 g/mol. The number of nitrogens with two attached hydrogens (primary N) is 1. The molecule has 0 aromatic heterocycles. The number of phenols is 1. The lowest BCUT2D eigenvalue weighted by Crippen LogP contribution is -2.63. The van der Waals surface area contributed by atoms with Gasteiger partial charge < -0.3 is 31.5 Å². The number of phenolic OH excluding ortho intramolecular Hbond substituents is 1. The van der Waals surface area contributed by atoms with E-state index in [-0.39, 0.29) is 29.7 Å². The Bertz CT molecular complexity index is 1540. The van der Waals surface area contributed by atoms with E-state index in [1.807, 2.05) is 18.2 Å². The van der Waals surface area contributed by atoms with Crippen molar-refractivity contribution in [2.45, 2.75) is 37.3 Å². The number of anilines is 1. The molecule has 10 heteroatoms. The monoisotopic (exact) mass is 533 g/mol. The predicted molar refractivity (Wildman–Crippen MR) is 142 cm³/mol. The third-order valence-electron chi connectivity index (χ3n) is 8.82. The molecule has 7 N–H and O–H groups in total. The second-order valence-corrected chi connectivity index (χ2v) is 11.5. The maximum absolute atomic E-state index is 13.9. The van der Waals surface area contributed by atoms with Gasteiger partial charge in [-0.3, -0.25) is 19.3 Å². The van der Waals surface area contributed by atoms with Crippen LogP contribution in [0.5, 0.6) is 5.75 Å². The Hall–Kier alpha value is -3.89. The number of amides is 1. The highest BCUT2D eigenvalue weighted by Gasteiger charge is 2.63. The number of ketones is 2. The van der Waals surface area contributed by atoms with E-state index in [9.17, 15) is 34.8 Å². The second-order valence-electron chi connectivity index (χ2n) is 11.5. The van der Waals surface area contributed by atoms with Crippen LogP contribution < -0.4 is 11.1 Å². The summed E-state index contributed by atoms with van der Waals surface area (Å²) in [6.45, 7) is 0.831. The van der Waals surface area contributed by atoms with Gasteiger partial charge in [-0.05, 0) is 74.7 Å². The van der Waals surface area contributed by atoms with Crippen molar-refractivity contribution in [2.24, 2.45) is 23.5 Å². The molecule has 1 fully saturated rings. The highest BCUT2D eigenvalue weighted by Crippen LogP contribution is 2.52. The number of aliphatic hydroxyl groups is 3. The van der Waals surface area contributed by atoms with E-state index in [2.05, 4.69) is 5.32 Å². The second kappa shape index (κ2) is 8.56. The predicted octanol–water partition coefficient (Wildman–Crippen LogP) is 2.10. The summed E-state index contributed by atoms with van der Waals surface area (Å²) in [7, 11) is 3.20. The van der Waals surface area contributed by atoms with Gasteiger partial charge in [-0.15, -0.1) is 0 Å². The standard InChI is InChI=1S/C29H31N3O7/c1-32(2)22-18-9-15-8-14-7-13-5-6-16(31-11-12-3-4-12)10-17(13)23(33)19(14)24(34)20(15)26(36)29(18,39)27(37)21(25(22)35)28(30)38/h5-7,10,12,15,18,22,31,33,35-36,39H,3-4,8-9,11H2,1-2H3,(H2,30,38)/t15-,18-,22-,29-/m0/s1. The molecular formula is C29H31N3O7. The number of carbonyl (C=O) groups is 3. The Morgan fingerprint density at radius 1 is 1.15 bits per heavy atom. The highest BCUT2D eigenvalue weighted by molar-refractivity contribution is 6.25. The number of rotatable bonds is 5. The first kappa shape index (κ1) is 25.4. The minimum Gasteiger partial charge on any atom is -0.510 e. The van der Waals surface area contributed by atoms with Crippen molar-refractivity contribution in [2.75, 3.05) is 26.0 Å². The van der Waals surface area contributed by atoms with E-state index in [0.29, 0.717) is 16.9 Å². The molecule has 39 heavy (non-hydrogen) atoms. The number of aliphatic hydroxyl groups excluding tert-OH is 2. The summed E-state index contributed by atoms with van der Waals surface area (Å²) in [5.41, 5.74) is 3.18. The van der Waals surface area contributed by atoms with Crippen LogP contribution in [-0.2, 0) is 16.0 Å². The number of likely N-dealkylation sites (N-methyl/N-ethyl adjacent to an activating group) is 1. The largest absolute Gasteiger partial charge is 0.510 e. The molecule has 0 radical (unpaired) electrons.